The summed E-state index contributed by atoms with van der Waals surface area (Å²) in [4.78, 5) is 1.81. The third-order valence-electron chi connectivity index (χ3n) is 1.52. The van der Waals surface area contributed by atoms with Crippen molar-refractivity contribution in [2.24, 2.45) is 0 Å². The predicted molar refractivity (Wildman–Crippen MR) is 45.2 cm³/mol. The number of amidine groups is 1. The van der Waals surface area contributed by atoms with Gasteiger partial charge in [-0.05, 0) is 13.3 Å². The zero-order chi connectivity index (χ0) is 8.15. The average molecular weight is 140 g/mol. The zero-order valence-corrected chi connectivity index (χ0v) is 7.07. The van der Waals surface area contributed by atoms with Gasteiger partial charge in [0.25, 0.3) is 0 Å². The molecular weight excluding hydrogens is 124 g/mol. The molecule has 0 spiro atoms. The topological polar surface area (TPSA) is 27.1 Å². The molecule has 0 bridgehead atoms. The maximum Gasteiger partial charge on any atom is 0.0965 e. The first kappa shape index (κ1) is 9.21. The summed E-state index contributed by atoms with van der Waals surface area (Å²) in [6.07, 6.45) is 2.07. The highest BCUT2D eigenvalue weighted by Gasteiger charge is 2.00. The molecule has 0 aromatic rings. The fourth-order valence-corrected chi connectivity index (χ4v) is 0.693. The van der Waals surface area contributed by atoms with Crippen molar-refractivity contribution >= 4 is 5.84 Å². The molecule has 2 heteroatoms. The van der Waals surface area contributed by atoms with Crippen molar-refractivity contribution in [2.45, 2.75) is 26.7 Å². The highest BCUT2D eigenvalue weighted by Crippen LogP contribution is 2.05. The first-order valence-electron chi connectivity index (χ1n) is 3.56. The maximum atomic E-state index is 7.27. The summed E-state index contributed by atoms with van der Waals surface area (Å²) in [6, 6.07) is 0. The van der Waals surface area contributed by atoms with E-state index in [0.29, 0.717) is 5.84 Å². The standard InChI is InChI=1S/C8H16N2/c1-5-6-7(2)10(4)8(3)9/h9H,2,5-6H2,1,3-4H3. The monoisotopic (exact) mass is 140 g/mol. The molecule has 0 saturated carbocycles. The third-order valence-corrected chi connectivity index (χ3v) is 1.52. The van der Waals surface area contributed by atoms with Gasteiger partial charge in [0, 0.05) is 12.7 Å². The van der Waals surface area contributed by atoms with Gasteiger partial charge in [-0.2, -0.15) is 0 Å². The van der Waals surface area contributed by atoms with Crippen molar-refractivity contribution in [2.75, 3.05) is 7.05 Å². The average Bonchev–Trinajstić information content (AvgIpc) is 1.87. The van der Waals surface area contributed by atoms with Crippen molar-refractivity contribution in [1.82, 2.24) is 4.90 Å². The van der Waals surface area contributed by atoms with Crippen LogP contribution >= 0.6 is 0 Å². The van der Waals surface area contributed by atoms with Crippen LogP contribution in [0.4, 0.5) is 0 Å². The molecule has 0 aromatic carbocycles. The van der Waals surface area contributed by atoms with E-state index in [1.54, 1.807) is 6.92 Å². The molecule has 0 saturated heterocycles. The lowest BCUT2D eigenvalue weighted by atomic mass is 10.2. The van der Waals surface area contributed by atoms with Crippen molar-refractivity contribution in [3.05, 3.63) is 12.3 Å². The Morgan fingerprint density at radius 1 is 1.60 bits per heavy atom. The van der Waals surface area contributed by atoms with Crippen LogP contribution in [0.5, 0.6) is 0 Å². The van der Waals surface area contributed by atoms with E-state index in [9.17, 15) is 0 Å². The number of allylic oxidation sites excluding steroid dienone is 1. The molecule has 0 rings (SSSR count). The normalized spacial score (nSPS) is 9.10. The summed E-state index contributed by atoms with van der Waals surface area (Å²) in [5.41, 5.74) is 1.02. The molecule has 0 radical (unpaired) electrons. The zero-order valence-electron chi connectivity index (χ0n) is 7.07. The van der Waals surface area contributed by atoms with Gasteiger partial charge >= 0.3 is 0 Å². The smallest absolute Gasteiger partial charge is 0.0965 e. The molecule has 0 aliphatic rings. The number of hydrogen-bond acceptors (Lipinski definition) is 1. The van der Waals surface area contributed by atoms with Crippen LogP contribution in [-0.4, -0.2) is 17.8 Å². The van der Waals surface area contributed by atoms with Crippen LogP contribution < -0.4 is 0 Å². The number of hydrogen-bond donors (Lipinski definition) is 1. The number of nitrogens with one attached hydrogen (secondary N) is 1. The Balaban J connectivity index is 3.82. The minimum absolute atomic E-state index is 0.554. The van der Waals surface area contributed by atoms with Crippen LogP contribution in [0, 0.1) is 5.41 Å². The number of rotatable bonds is 3. The van der Waals surface area contributed by atoms with E-state index >= 15 is 0 Å². The second kappa shape index (κ2) is 4.09. The van der Waals surface area contributed by atoms with E-state index in [-0.39, 0.29) is 0 Å². The van der Waals surface area contributed by atoms with Crippen LogP contribution in [-0.2, 0) is 0 Å². The summed E-state index contributed by atoms with van der Waals surface area (Å²) in [7, 11) is 1.88. The van der Waals surface area contributed by atoms with Gasteiger partial charge in [0.05, 0.1) is 5.84 Å². The minimum atomic E-state index is 0.554. The summed E-state index contributed by atoms with van der Waals surface area (Å²) in [6.45, 7) is 7.72. The first-order valence-corrected chi connectivity index (χ1v) is 3.56. The molecule has 0 atom stereocenters. The van der Waals surface area contributed by atoms with Crippen molar-refractivity contribution in [1.29, 1.82) is 5.41 Å². The molecule has 0 fully saturated rings. The van der Waals surface area contributed by atoms with Crippen LogP contribution in [0.2, 0.25) is 0 Å². The molecule has 2 nitrogen and oxygen atoms in total. The van der Waals surface area contributed by atoms with E-state index in [1.165, 1.54) is 0 Å². The van der Waals surface area contributed by atoms with Crippen molar-refractivity contribution < 1.29 is 0 Å². The highest BCUT2D eigenvalue weighted by atomic mass is 15.1. The Morgan fingerprint density at radius 2 is 2.10 bits per heavy atom. The van der Waals surface area contributed by atoms with Crippen molar-refractivity contribution in [3.63, 3.8) is 0 Å². The van der Waals surface area contributed by atoms with E-state index in [2.05, 4.69) is 13.5 Å². The van der Waals surface area contributed by atoms with Gasteiger partial charge in [-0.3, -0.25) is 5.41 Å². The van der Waals surface area contributed by atoms with E-state index in [1.807, 2.05) is 11.9 Å². The van der Waals surface area contributed by atoms with Crippen LogP contribution in [0.1, 0.15) is 26.7 Å². The largest absolute Gasteiger partial charge is 0.338 e. The molecule has 58 valence electrons. The van der Waals surface area contributed by atoms with Crippen molar-refractivity contribution in [3.8, 4) is 0 Å². The van der Waals surface area contributed by atoms with Gasteiger partial charge in [-0.15, -0.1) is 0 Å². The Hall–Kier alpha value is -0.790. The second-order valence-corrected chi connectivity index (χ2v) is 2.46. The Labute approximate surface area is 63.0 Å². The van der Waals surface area contributed by atoms with Crippen LogP contribution in [0.3, 0.4) is 0 Å². The molecule has 0 aliphatic heterocycles. The fourth-order valence-electron chi connectivity index (χ4n) is 0.693. The Kier molecular flexibility index (Phi) is 3.77. The van der Waals surface area contributed by atoms with Crippen LogP contribution in [0.15, 0.2) is 12.3 Å². The minimum Gasteiger partial charge on any atom is -0.338 e. The lowest BCUT2D eigenvalue weighted by Crippen LogP contribution is -2.21. The SMILES string of the molecule is C=C(CCC)N(C)C(C)=N. The fraction of sp³-hybridized carbons (Fsp3) is 0.625. The molecule has 0 amide bonds. The molecule has 0 aliphatic carbocycles. The molecule has 10 heavy (non-hydrogen) atoms. The lowest BCUT2D eigenvalue weighted by Gasteiger charge is -2.19. The van der Waals surface area contributed by atoms with E-state index < -0.39 is 0 Å². The van der Waals surface area contributed by atoms with Crippen LogP contribution in [0.25, 0.3) is 0 Å². The first-order chi connectivity index (χ1) is 4.59. The molecule has 1 N–H and O–H groups in total. The Morgan fingerprint density at radius 3 is 2.40 bits per heavy atom. The van der Waals surface area contributed by atoms with E-state index in [0.717, 1.165) is 18.5 Å². The summed E-state index contributed by atoms with van der Waals surface area (Å²) in [5.74, 6) is 0.554. The van der Waals surface area contributed by atoms with Gasteiger partial charge in [0.2, 0.25) is 0 Å². The summed E-state index contributed by atoms with van der Waals surface area (Å²) >= 11 is 0. The highest BCUT2D eigenvalue weighted by molar-refractivity contribution is 5.77. The van der Waals surface area contributed by atoms with Gasteiger partial charge in [-0.25, -0.2) is 0 Å². The lowest BCUT2D eigenvalue weighted by molar-refractivity contribution is 0.578. The Bertz CT molecular complexity index is 138. The number of nitrogens with zero attached hydrogens (tertiary/aromatic N) is 1. The molecule has 0 aromatic heterocycles. The second-order valence-electron chi connectivity index (χ2n) is 2.46. The van der Waals surface area contributed by atoms with Gasteiger partial charge < -0.3 is 4.90 Å². The van der Waals surface area contributed by atoms with Gasteiger partial charge in [0.1, 0.15) is 0 Å². The maximum absolute atomic E-state index is 7.27. The third kappa shape index (κ3) is 2.67. The quantitative estimate of drug-likeness (QED) is 0.472. The van der Waals surface area contributed by atoms with Gasteiger partial charge in [-0.1, -0.05) is 19.9 Å². The molecular formula is C8H16N2. The molecule has 0 unspecified atom stereocenters. The van der Waals surface area contributed by atoms with Gasteiger partial charge in [0.15, 0.2) is 0 Å². The summed E-state index contributed by atoms with van der Waals surface area (Å²) in [5, 5.41) is 7.27. The van der Waals surface area contributed by atoms with E-state index in [4.69, 9.17) is 5.41 Å². The summed E-state index contributed by atoms with van der Waals surface area (Å²) < 4.78 is 0. The predicted octanol–water partition coefficient (Wildman–Crippen LogP) is 2.23. The molecule has 0 heterocycles.